The van der Waals surface area contributed by atoms with Crippen molar-refractivity contribution in [3.63, 3.8) is 0 Å². The molecule has 0 spiro atoms. The zero-order chi connectivity index (χ0) is 18.0. The summed E-state index contributed by atoms with van der Waals surface area (Å²) in [6.45, 7) is -0.321. The van der Waals surface area contributed by atoms with Gasteiger partial charge in [-0.3, -0.25) is 9.67 Å². The lowest BCUT2D eigenvalue weighted by atomic mass is 10.2. The number of aliphatic hydroxyl groups is 2. The van der Waals surface area contributed by atoms with Gasteiger partial charge in [0.2, 0.25) is 0 Å². The summed E-state index contributed by atoms with van der Waals surface area (Å²) < 4.78 is 1.52. The number of aromatic carboxylic acids is 1. The van der Waals surface area contributed by atoms with Crippen LogP contribution in [-0.2, 0) is 6.54 Å². The van der Waals surface area contributed by atoms with Gasteiger partial charge in [0.25, 0.3) is 0 Å². The Bertz CT molecular complexity index is 928. The number of halogens is 1. The molecule has 0 aliphatic heterocycles. The quantitative estimate of drug-likeness (QED) is 0.528. The molecule has 1 atom stereocenters. The highest BCUT2D eigenvalue weighted by Gasteiger charge is 2.16. The van der Waals surface area contributed by atoms with Crippen molar-refractivity contribution in [2.75, 3.05) is 11.9 Å². The van der Waals surface area contributed by atoms with Crippen LogP contribution in [0.2, 0.25) is 5.02 Å². The Morgan fingerprint density at radius 1 is 1.36 bits per heavy atom. The van der Waals surface area contributed by atoms with E-state index < -0.39 is 18.7 Å². The molecule has 0 aliphatic rings. The number of pyridine rings is 1. The fourth-order valence-corrected chi connectivity index (χ4v) is 2.62. The molecule has 0 aliphatic carbocycles. The van der Waals surface area contributed by atoms with Crippen LogP contribution < -0.4 is 5.32 Å². The maximum absolute atomic E-state index is 11.3. The van der Waals surface area contributed by atoms with Crippen molar-refractivity contribution < 1.29 is 20.1 Å². The second-order valence-electron chi connectivity index (χ2n) is 5.38. The summed E-state index contributed by atoms with van der Waals surface area (Å²) >= 11 is 6.06. The molecule has 0 bridgehead atoms. The van der Waals surface area contributed by atoms with Crippen LogP contribution in [0, 0.1) is 0 Å². The SMILES string of the molecule is O=C(O)c1ccncc1Nc1nn(CC(O)CO)c2ccc(Cl)cc12. The molecular formula is C16H15ClN4O4. The molecule has 0 saturated heterocycles. The molecule has 3 rings (SSSR count). The van der Waals surface area contributed by atoms with E-state index in [2.05, 4.69) is 15.4 Å². The number of carboxylic acids is 1. The normalized spacial score (nSPS) is 12.3. The second-order valence-corrected chi connectivity index (χ2v) is 5.82. The van der Waals surface area contributed by atoms with E-state index in [1.54, 1.807) is 18.2 Å². The van der Waals surface area contributed by atoms with E-state index in [9.17, 15) is 15.0 Å². The van der Waals surface area contributed by atoms with Gasteiger partial charge in [-0.15, -0.1) is 0 Å². The van der Waals surface area contributed by atoms with E-state index in [1.807, 2.05) is 0 Å². The van der Waals surface area contributed by atoms with Crippen molar-refractivity contribution >= 4 is 40.0 Å². The van der Waals surface area contributed by atoms with Gasteiger partial charge in [0, 0.05) is 16.6 Å². The van der Waals surface area contributed by atoms with Crippen LogP contribution in [0.3, 0.4) is 0 Å². The number of aromatic nitrogens is 3. The van der Waals surface area contributed by atoms with E-state index in [4.69, 9.17) is 16.7 Å². The number of fused-ring (bicyclic) bond motifs is 1. The lowest BCUT2D eigenvalue weighted by Gasteiger charge is -2.08. The van der Waals surface area contributed by atoms with Crippen LogP contribution in [0.4, 0.5) is 11.5 Å². The Hall–Kier alpha value is -2.68. The van der Waals surface area contributed by atoms with Crippen molar-refractivity contribution in [3.8, 4) is 0 Å². The molecule has 9 heteroatoms. The van der Waals surface area contributed by atoms with Crippen LogP contribution in [0.15, 0.2) is 36.7 Å². The number of hydrogen-bond donors (Lipinski definition) is 4. The van der Waals surface area contributed by atoms with Gasteiger partial charge in [0.15, 0.2) is 5.82 Å². The van der Waals surface area contributed by atoms with Crippen molar-refractivity contribution in [3.05, 3.63) is 47.2 Å². The summed E-state index contributed by atoms with van der Waals surface area (Å²) in [7, 11) is 0. The lowest BCUT2D eigenvalue weighted by molar-refractivity contribution is 0.0698. The Kier molecular flexibility index (Phi) is 4.84. The van der Waals surface area contributed by atoms with Gasteiger partial charge >= 0.3 is 5.97 Å². The van der Waals surface area contributed by atoms with Crippen molar-refractivity contribution in [2.45, 2.75) is 12.6 Å². The first-order valence-corrected chi connectivity index (χ1v) is 7.76. The molecule has 0 amide bonds. The van der Waals surface area contributed by atoms with E-state index in [-0.39, 0.29) is 17.8 Å². The van der Waals surface area contributed by atoms with E-state index in [0.717, 1.165) is 0 Å². The number of anilines is 2. The van der Waals surface area contributed by atoms with Gasteiger partial charge in [-0.05, 0) is 24.3 Å². The summed E-state index contributed by atoms with van der Waals surface area (Å²) in [5.74, 6) is -0.722. The van der Waals surface area contributed by atoms with Crippen LogP contribution in [0.1, 0.15) is 10.4 Å². The fourth-order valence-electron chi connectivity index (χ4n) is 2.45. The van der Waals surface area contributed by atoms with Crippen molar-refractivity contribution in [1.82, 2.24) is 14.8 Å². The monoisotopic (exact) mass is 362 g/mol. The average molecular weight is 363 g/mol. The Balaban J connectivity index is 2.07. The highest BCUT2D eigenvalue weighted by atomic mass is 35.5. The summed E-state index contributed by atoms with van der Waals surface area (Å²) in [6, 6.07) is 6.49. The number of rotatable bonds is 6. The summed E-state index contributed by atoms with van der Waals surface area (Å²) in [4.78, 5) is 15.3. The third-order valence-electron chi connectivity index (χ3n) is 3.61. The molecule has 2 aromatic heterocycles. The van der Waals surface area contributed by atoms with Gasteiger partial charge < -0.3 is 20.6 Å². The van der Waals surface area contributed by atoms with E-state index >= 15 is 0 Å². The minimum absolute atomic E-state index is 0.0510. The van der Waals surface area contributed by atoms with Crippen LogP contribution in [0.5, 0.6) is 0 Å². The average Bonchev–Trinajstić information content (AvgIpc) is 2.91. The number of carbonyl (C=O) groups is 1. The highest BCUT2D eigenvalue weighted by molar-refractivity contribution is 6.31. The number of carboxylic acid groups (broad SMARTS) is 1. The minimum atomic E-state index is -1.10. The van der Waals surface area contributed by atoms with Gasteiger partial charge in [-0.2, -0.15) is 5.10 Å². The molecule has 1 unspecified atom stereocenters. The highest BCUT2D eigenvalue weighted by Crippen LogP contribution is 2.29. The molecule has 4 N–H and O–H groups in total. The summed E-state index contributed by atoms with van der Waals surface area (Å²) in [5.41, 5.74) is 1.01. The van der Waals surface area contributed by atoms with Crippen molar-refractivity contribution in [1.29, 1.82) is 0 Å². The zero-order valence-electron chi connectivity index (χ0n) is 12.9. The lowest BCUT2D eigenvalue weighted by Crippen LogP contribution is -2.20. The standard InChI is InChI=1S/C16H15ClN4O4/c17-9-1-2-14-12(5-9)15(20-21(14)7-10(23)8-22)19-13-6-18-4-3-11(13)16(24)25/h1-6,10,22-23H,7-8H2,(H,19,20)(H,24,25). The first-order valence-electron chi connectivity index (χ1n) is 7.39. The number of benzene rings is 1. The van der Waals surface area contributed by atoms with E-state index in [0.29, 0.717) is 21.7 Å². The number of aliphatic hydroxyl groups excluding tert-OH is 2. The number of nitrogens with one attached hydrogen (secondary N) is 1. The largest absolute Gasteiger partial charge is 0.478 e. The predicted molar refractivity (Wildman–Crippen MR) is 92.3 cm³/mol. The summed E-state index contributed by atoms with van der Waals surface area (Å²) in [6.07, 6.45) is 1.81. The van der Waals surface area contributed by atoms with Gasteiger partial charge in [-0.25, -0.2) is 4.79 Å². The fraction of sp³-hybridized carbons (Fsp3) is 0.188. The van der Waals surface area contributed by atoms with Crippen LogP contribution in [-0.4, -0.2) is 48.8 Å². The van der Waals surface area contributed by atoms with Crippen LogP contribution >= 0.6 is 11.6 Å². The molecule has 1 aromatic carbocycles. The molecule has 130 valence electrons. The molecule has 25 heavy (non-hydrogen) atoms. The van der Waals surface area contributed by atoms with E-state index in [1.165, 1.54) is 23.1 Å². The molecule has 0 radical (unpaired) electrons. The van der Waals surface area contributed by atoms with Gasteiger partial charge in [0.05, 0.1) is 42.2 Å². The Morgan fingerprint density at radius 2 is 2.16 bits per heavy atom. The topological polar surface area (TPSA) is 120 Å². The number of hydrogen-bond acceptors (Lipinski definition) is 6. The molecule has 2 heterocycles. The number of nitrogens with zero attached hydrogens (tertiary/aromatic N) is 3. The summed E-state index contributed by atoms with van der Waals surface area (Å²) in [5, 5.41) is 36.5. The molecule has 3 aromatic rings. The zero-order valence-corrected chi connectivity index (χ0v) is 13.7. The van der Waals surface area contributed by atoms with Crippen LogP contribution in [0.25, 0.3) is 10.9 Å². The Morgan fingerprint density at radius 3 is 2.88 bits per heavy atom. The maximum atomic E-state index is 11.3. The molecule has 0 saturated carbocycles. The first kappa shape index (κ1) is 17.2. The third-order valence-corrected chi connectivity index (χ3v) is 3.85. The van der Waals surface area contributed by atoms with Crippen molar-refractivity contribution in [2.24, 2.45) is 0 Å². The smallest absolute Gasteiger partial charge is 0.337 e. The third kappa shape index (κ3) is 3.55. The molecule has 0 fully saturated rings. The Labute approximate surface area is 147 Å². The molecular weight excluding hydrogens is 348 g/mol. The van der Waals surface area contributed by atoms with Gasteiger partial charge in [-0.1, -0.05) is 11.6 Å². The second kappa shape index (κ2) is 7.06. The minimum Gasteiger partial charge on any atom is -0.478 e. The van der Waals surface area contributed by atoms with Gasteiger partial charge in [0.1, 0.15) is 0 Å². The predicted octanol–water partition coefficient (Wildman–Crippen LogP) is 1.88. The first-order chi connectivity index (χ1) is 12.0. The molecule has 8 nitrogen and oxygen atoms in total. The maximum Gasteiger partial charge on any atom is 0.337 e.